The molecule has 21 heavy (non-hydrogen) atoms. The fraction of sp³-hybridized carbons (Fsp3) is 0.400. The molecule has 1 fully saturated rings. The van der Waals surface area contributed by atoms with E-state index in [-0.39, 0.29) is 0 Å². The third-order valence-electron chi connectivity index (χ3n) is 3.78. The lowest BCUT2D eigenvalue weighted by Crippen LogP contribution is -2.32. The number of hydrogen-bond donors (Lipinski definition) is 0. The largest absolute Gasteiger partial charge is 0.243 e. The Kier molecular flexibility index (Phi) is 3.90. The Balaban J connectivity index is 1.98. The van der Waals surface area contributed by atoms with Gasteiger partial charge >= 0.3 is 0 Å². The number of fused-ring (bicyclic) bond motifs is 1. The van der Waals surface area contributed by atoms with Gasteiger partial charge in [0.15, 0.2) is 0 Å². The van der Waals surface area contributed by atoms with E-state index in [9.17, 15) is 8.42 Å². The first-order valence-electron chi connectivity index (χ1n) is 7.07. The van der Waals surface area contributed by atoms with Gasteiger partial charge in [0.05, 0.1) is 10.4 Å². The molecule has 0 atom stereocenters. The van der Waals surface area contributed by atoms with Crippen LogP contribution in [0.3, 0.4) is 0 Å². The molecule has 0 amide bonds. The summed E-state index contributed by atoms with van der Waals surface area (Å²) in [7, 11) is -3.44. The second-order valence-corrected chi connectivity index (χ2v) is 7.71. The highest BCUT2D eigenvalue weighted by molar-refractivity contribution is 7.89. The first kappa shape index (κ1) is 14.8. The summed E-state index contributed by atoms with van der Waals surface area (Å²) in [6, 6.07) is 8.45. The van der Waals surface area contributed by atoms with Gasteiger partial charge in [-0.1, -0.05) is 18.5 Å². The van der Waals surface area contributed by atoms with Crippen molar-refractivity contribution in [3.05, 3.63) is 35.5 Å². The zero-order valence-corrected chi connectivity index (χ0v) is 13.4. The molecule has 1 saturated carbocycles. The van der Waals surface area contributed by atoms with Crippen LogP contribution >= 0.6 is 11.6 Å². The molecular formula is C15H17ClN2O2S. The van der Waals surface area contributed by atoms with Crippen LogP contribution in [-0.4, -0.2) is 30.8 Å². The Bertz CT molecular complexity index is 772. The molecule has 112 valence electrons. The van der Waals surface area contributed by atoms with Crippen LogP contribution in [0.15, 0.2) is 35.2 Å². The van der Waals surface area contributed by atoms with E-state index in [0.29, 0.717) is 34.6 Å². The van der Waals surface area contributed by atoms with E-state index < -0.39 is 10.0 Å². The Hall–Kier alpha value is -1.17. The summed E-state index contributed by atoms with van der Waals surface area (Å²) in [4.78, 5) is 4.50. The Morgan fingerprint density at radius 2 is 2.05 bits per heavy atom. The monoisotopic (exact) mass is 324 g/mol. The molecule has 6 heteroatoms. The quantitative estimate of drug-likeness (QED) is 0.793. The molecule has 0 saturated heterocycles. The zero-order valence-electron chi connectivity index (χ0n) is 11.8. The van der Waals surface area contributed by atoms with Gasteiger partial charge in [-0.15, -0.1) is 0 Å². The van der Waals surface area contributed by atoms with Crippen molar-refractivity contribution < 1.29 is 8.42 Å². The predicted molar refractivity (Wildman–Crippen MR) is 83.9 cm³/mol. The average Bonchev–Trinajstić information content (AvgIpc) is 3.27. The smallest absolute Gasteiger partial charge is 0.236 e. The molecule has 0 radical (unpaired) electrons. The predicted octanol–water partition coefficient (Wildman–Crippen LogP) is 3.31. The van der Waals surface area contributed by atoms with Crippen molar-refractivity contribution >= 4 is 32.5 Å². The van der Waals surface area contributed by atoms with Gasteiger partial charge in [0, 0.05) is 18.5 Å². The van der Waals surface area contributed by atoms with Crippen LogP contribution in [0.5, 0.6) is 0 Å². The minimum atomic E-state index is -3.44. The van der Waals surface area contributed by atoms with Crippen LogP contribution in [0, 0.1) is 5.92 Å². The van der Waals surface area contributed by atoms with Gasteiger partial charge in [-0.3, -0.25) is 0 Å². The summed E-state index contributed by atoms with van der Waals surface area (Å²) in [5.41, 5.74) is 0.701. The minimum absolute atomic E-state index is 0.321. The lowest BCUT2D eigenvalue weighted by molar-refractivity contribution is 0.412. The van der Waals surface area contributed by atoms with Crippen molar-refractivity contribution in [1.29, 1.82) is 0 Å². The molecule has 1 aromatic carbocycles. The molecule has 2 aromatic rings. The fourth-order valence-corrected chi connectivity index (χ4v) is 4.09. The van der Waals surface area contributed by atoms with Crippen LogP contribution in [0.1, 0.15) is 19.8 Å². The highest BCUT2D eigenvalue weighted by Gasteiger charge is 2.30. The van der Waals surface area contributed by atoms with Crippen molar-refractivity contribution in [2.24, 2.45) is 5.92 Å². The van der Waals surface area contributed by atoms with Crippen LogP contribution in [0.25, 0.3) is 10.9 Å². The standard InChI is InChI=1S/C15H17ClN2O2S/c1-2-18(10-11-3-4-11)21(19,20)13-6-7-14-12(9-13)5-8-15(16)17-14/h5-9,11H,2-4,10H2,1H3. The summed E-state index contributed by atoms with van der Waals surface area (Å²) in [6.07, 6.45) is 2.26. The summed E-state index contributed by atoms with van der Waals surface area (Å²) in [6.45, 7) is 2.99. The summed E-state index contributed by atoms with van der Waals surface area (Å²) < 4.78 is 27.0. The van der Waals surface area contributed by atoms with Crippen LogP contribution in [-0.2, 0) is 10.0 Å². The third kappa shape index (κ3) is 3.05. The summed E-state index contributed by atoms with van der Waals surface area (Å²) >= 11 is 5.85. The number of sulfonamides is 1. The topological polar surface area (TPSA) is 50.3 Å². The average molecular weight is 325 g/mol. The van der Waals surface area contributed by atoms with Crippen molar-refractivity contribution in [3.8, 4) is 0 Å². The molecule has 4 nitrogen and oxygen atoms in total. The van der Waals surface area contributed by atoms with Crippen molar-refractivity contribution in [2.45, 2.75) is 24.7 Å². The van der Waals surface area contributed by atoms with Gasteiger partial charge in [0.1, 0.15) is 5.15 Å². The molecule has 0 bridgehead atoms. The molecule has 1 heterocycles. The van der Waals surface area contributed by atoms with Crippen molar-refractivity contribution in [3.63, 3.8) is 0 Å². The zero-order chi connectivity index (χ0) is 15.0. The maximum atomic E-state index is 12.7. The molecule has 0 spiro atoms. The number of hydrogen-bond acceptors (Lipinski definition) is 3. The Morgan fingerprint density at radius 3 is 2.71 bits per heavy atom. The van der Waals surface area contributed by atoms with E-state index in [1.807, 2.05) is 6.92 Å². The molecule has 1 aliphatic carbocycles. The molecule has 1 aliphatic rings. The van der Waals surface area contributed by atoms with E-state index in [4.69, 9.17) is 11.6 Å². The first-order chi connectivity index (χ1) is 10.0. The number of benzene rings is 1. The van der Waals surface area contributed by atoms with Crippen LogP contribution < -0.4 is 0 Å². The van der Waals surface area contributed by atoms with E-state index in [0.717, 1.165) is 18.2 Å². The maximum Gasteiger partial charge on any atom is 0.243 e. The van der Waals surface area contributed by atoms with E-state index in [1.54, 1.807) is 34.6 Å². The number of aromatic nitrogens is 1. The second kappa shape index (κ2) is 5.55. The first-order valence-corrected chi connectivity index (χ1v) is 8.89. The van der Waals surface area contributed by atoms with Crippen LogP contribution in [0.2, 0.25) is 5.15 Å². The fourth-order valence-electron chi connectivity index (χ4n) is 2.37. The highest BCUT2D eigenvalue weighted by atomic mass is 35.5. The Morgan fingerprint density at radius 1 is 1.29 bits per heavy atom. The van der Waals surface area contributed by atoms with Crippen molar-refractivity contribution in [1.82, 2.24) is 9.29 Å². The van der Waals surface area contributed by atoms with Gasteiger partial charge in [-0.2, -0.15) is 4.31 Å². The number of halogens is 1. The Labute approximate surface area is 129 Å². The second-order valence-electron chi connectivity index (χ2n) is 5.39. The SMILES string of the molecule is CCN(CC1CC1)S(=O)(=O)c1ccc2nc(Cl)ccc2c1. The normalized spacial score (nSPS) is 15.8. The third-order valence-corrected chi connectivity index (χ3v) is 5.92. The summed E-state index contributed by atoms with van der Waals surface area (Å²) in [5.74, 6) is 0.528. The molecule has 3 rings (SSSR count). The lowest BCUT2D eigenvalue weighted by atomic mass is 10.2. The number of pyridine rings is 1. The van der Waals surface area contributed by atoms with Gasteiger partial charge in [-0.05, 0) is 49.1 Å². The highest BCUT2D eigenvalue weighted by Crippen LogP contribution is 2.32. The molecule has 1 aromatic heterocycles. The molecule has 0 aliphatic heterocycles. The maximum absolute atomic E-state index is 12.7. The number of nitrogens with zero attached hydrogens (tertiary/aromatic N) is 2. The minimum Gasteiger partial charge on any atom is -0.236 e. The van der Waals surface area contributed by atoms with Crippen LogP contribution in [0.4, 0.5) is 0 Å². The van der Waals surface area contributed by atoms with E-state index >= 15 is 0 Å². The molecular weight excluding hydrogens is 308 g/mol. The van der Waals surface area contributed by atoms with E-state index in [1.165, 1.54) is 0 Å². The summed E-state index contributed by atoms with van der Waals surface area (Å²) in [5, 5.41) is 1.19. The van der Waals surface area contributed by atoms with Crippen molar-refractivity contribution in [2.75, 3.05) is 13.1 Å². The van der Waals surface area contributed by atoms with Gasteiger partial charge < -0.3 is 0 Å². The van der Waals surface area contributed by atoms with Gasteiger partial charge in [-0.25, -0.2) is 13.4 Å². The van der Waals surface area contributed by atoms with Gasteiger partial charge in [0.25, 0.3) is 0 Å². The molecule has 0 unspecified atom stereocenters. The van der Waals surface area contributed by atoms with Gasteiger partial charge in [0.2, 0.25) is 10.0 Å². The number of rotatable bonds is 5. The lowest BCUT2D eigenvalue weighted by Gasteiger charge is -2.20. The molecule has 0 N–H and O–H groups in total. The van der Waals surface area contributed by atoms with E-state index in [2.05, 4.69) is 4.98 Å².